The van der Waals surface area contributed by atoms with E-state index in [0.717, 1.165) is 0 Å². The molecule has 0 unspecified atom stereocenters. The van der Waals surface area contributed by atoms with Crippen LogP contribution >= 0.6 is 0 Å². The van der Waals surface area contributed by atoms with Crippen molar-refractivity contribution < 1.29 is 14.6 Å². The SMILES string of the molecule is C=C[C@@H](C(=O)OCC)[C@@](C)(O)c1ccccc1. The van der Waals surface area contributed by atoms with E-state index in [2.05, 4.69) is 6.58 Å². The van der Waals surface area contributed by atoms with Gasteiger partial charge in [-0.25, -0.2) is 0 Å². The zero-order valence-corrected chi connectivity index (χ0v) is 10.2. The van der Waals surface area contributed by atoms with Gasteiger partial charge in [0, 0.05) is 0 Å². The minimum atomic E-state index is -1.31. The second-order valence-electron chi connectivity index (χ2n) is 3.98. The number of benzene rings is 1. The van der Waals surface area contributed by atoms with Gasteiger partial charge in [0.1, 0.15) is 11.5 Å². The van der Waals surface area contributed by atoms with Gasteiger partial charge < -0.3 is 9.84 Å². The summed E-state index contributed by atoms with van der Waals surface area (Å²) in [6.45, 7) is 7.20. The van der Waals surface area contributed by atoms with Gasteiger partial charge in [-0.2, -0.15) is 0 Å². The lowest BCUT2D eigenvalue weighted by Crippen LogP contribution is -2.37. The Kier molecular flexibility index (Phi) is 4.46. The van der Waals surface area contributed by atoms with Crippen LogP contribution in [0.15, 0.2) is 43.0 Å². The molecule has 0 aliphatic rings. The number of hydrogen-bond acceptors (Lipinski definition) is 3. The molecule has 3 heteroatoms. The van der Waals surface area contributed by atoms with E-state index in [9.17, 15) is 9.90 Å². The summed E-state index contributed by atoms with van der Waals surface area (Å²) in [6.07, 6.45) is 1.42. The van der Waals surface area contributed by atoms with Gasteiger partial charge in [-0.15, -0.1) is 6.58 Å². The number of esters is 1. The number of carbonyl (C=O) groups excluding carboxylic acids is 1. The van der Waals surface area contributed by atoms with Gasteiger partial charge in [-0.3, -0.25) is 4.79 Å². The Morgan fingerprint density at radius 2 is 2.12 bits per heavy atom. The van der Waals surface area contributed by atoms with Crippen molar-refractivity contribution in [1.82, 2.24) is 0 Å². The lowest BCUT2D eigenvalue weighted by Gasteiger charge is -2.29. The predicted molar refractivity (Wildman–Crippen MR) is 66.3 cm³/mol. The number of ether oxygens (including phenoxy) is 1. The molecule has 17 heavy (non-hydrogen) atoms. The van der Waals surface area contributed by atoms with Gasteiger partial charge in [-0.05, 0) is 19.4 Å². The van der Waals surface area contributed by atoms with Crippen LogP contribution in [0.3, 0.4) is 0 Å². The smallest absolute Gasteiger partial charge is 0.316 e. The topological polar surface area (TPSA) is 46.5 Å². The van der Waals surface area contributed by atoms with Crippen LogP contribution in [0.5, 0.6) is 0 Å². The molecule has 3 nitrogen and oxygen atoms in total. The molecule has 1 aromatic carbocycles. The number of aliphatic hydroxyl groups is 1. The standard InChI is InChI=1S/C14H18O3/c1-4-12(13(15)17-5-2)14(3,16)11-9-7-6-8-10-11/h4,6-10,12,16H,1,5H2,2-3H3/t12-,14-/m0/s1. The third kappa shape index (κ3) is 2.94. The summed E-state index contributed by atoms with van der Waals surface area (Å²) in [5.74, 6) is -1.23. The zero-order chi connectivity index (χ0) is 12.9. The molecule has 0 bridgehead atoms. The third-order valence-corrected chi connectivity index (χ3v) is 2.74. The fourth-order valence-electron chi connectivity index (χ4n) is 1.74. The summed E-state index contributed by atoms with van der Waals surface area (Å²) in [7, 11) is 0. The molecule has 0 saturated heterocycles. The highest BCUT2D eigenvalue weighted by Gasteiger charge is 2.37. The van der Waals surface area contributed by atoms with E-state index in [1.807, 2.05) is 18.2 Å². The van der Waals surface area contributed by atoms with Crippen LogP contribution in [0.2, 0.25) is 0 Å². The van der Waals surface area contributed by atoms with E-state index in [1.165, 1.54) is 6.08 Å². The van der Waals surface area contributed by atoms with Crippen molar-refractivity contribution in [1.29, 1.82) is 0 Å². The highest BCUT2D eigenvalue weighted by atomic mass is 16.5. The molecule has 0 amide bonds. The monoisotopic (exact) mass is 234 g/mol. The first-order chi connectivity index (χ1) is 8.04. The van der Waals surface area contributed by atoms with E-state index < -0.39 is 17.5 Å². The van der Waals surface area contributed by atoms with Crippen molar-refractivity contribution in [3.63, 3.8) is 0 Å². The van der Waals surface area contributed by atoms with E-state index >= 15 is 0 Å². The number of carbonyl (C=O) groups is 1. The second kappa shape index (κ2) is 5.64. The van der Waals surface area contributed by atoms with Crippen LogP contribution in [-0.4, -0.2) is 17.7 Å². The van der Waals surface area contributed by atoms with Gasteiger partial charge in [0.05, 0.1) is 6.61 Å². The molecule has 0 spiro atoms. The molecule has 0 saturated carbocycles. The lowest BCUT2D eigenvalue weighted by molar-refractivity contribution is -0.154. The Bertz CT molecular complexity index is 382. The van der Waals surface area contributed by atoms with Crippen molar-refractivity contribution >= 4 is 5.97 Å². The molecule has 1 rings (SSSR count). The normalized spacial score (nSPS) is 15.7. The van der Waals surface area contributed by atoms with Gasteiger partial charge in [0.15, 0.2) is 0 Å². The molecule has 0 aliphatic heterocycles. The van der Waals surface area contributed by atoms with E-state index in [4.69, 9.17) is 4.74 Å². The third-order valence-electron chi connectivity index (χ3n) is 2.74. The Labute approximate surface area is 102 Å². The molecule has 0 fully saturated rings. The Balaban J connectivity index is 3.02. The average molecular weight is 234 g/mol. The summed E-state index contributed by atoms with van der Waals surface area (Å²) < 4.78 is 4.93. The number of hydrogen-bond donors (Lipinski definition) is 1. The quantitative estimate of drug-likeness (QED) is 0.628. The Morgan fingerprint density at radius 1 is 1.53 bits per heavy atom. The first-order valence-electron chi connectivity index (χ1n) is 5.61. The van der Waals surface area contributed by atoms with Crippen LogP contribution in [0.1, 0.15) is 19.4 Å². The maximum atomic E-state index is 11.7. The molecule has 0 aromatic heterocycles. The molecule has 0 aliphatic carbocycles. The Hall–Kier alpha value is -1.61. The average Bonchev–Trinajstić information content (AvgIpc) is 2.31. The number of rotatable bonds is 5. The largest absolute Gasteiger partial charge is 0.465 e. The van der Waals surface area contributed by atoms with E-state index in [0.29, 0.717) is 5.56 Å². The molecule has 2 atom stereocenters. The minimum absolute atomic E-state index is 0.286. The van der Waals surface area contributed by atoms with Crippen molar-refractivity contribution in [2.24, 2.45) is 5.92 Å². The molecule has 1 aromatic rings. The van der Waals surface area contributed by atoms with Gasteiger partial charge in [0.25, 0.3) is 0 Å². The summed E-state index contributed by atoms with van der Waals surface area (Å²) in [5, 5.41) is 10.5. The highest BCUT2D eigenvalue weighted by Crippen LogP contribution is 2.30. The molecular weight excluding hydrogens is 216 g/mol. The van der Waals surface area contributed by atoms with Gasteiger partial charge in [0.2, 0.25) is 0 Å². The first-order valence-corrected chi connectivity index (χ1v) is 5.61. The fraction of sp³-hybridized carbons (Fsp3) is 0.357. The van der Waals surface area contributed by atoms with Crippen LogP contribution in [-0.2, 0) is 15.1 Å². The molecule has 92 valence electrons. The van der Waals surface area contributed by atoms with Crippen molar-refractivity contribution in [3.8, 4) is 0 Å². The van der Waals surface area contributed by atoms with Gasteiger partial charge in [-0.1, -0.05) is 36.4 Å². The Morgan fingerprint density at radius 3 is 2.59 bits per heavy atom. The second-order valence-corrected chi connectivity index (χ2v) is 3.98. The molecule has 0 heterocycles. The lowest BCUT2D eigenvalue weighted by atomic mass is 9.83. The van der Waals surface area contributed by atoms with Crippen molar-refractivity contribution in [2.45, 2.75) is 19.4 Å². The van der Waals surface area contributed by atoms with Crippen LogP contribution in [0, 0.1) is 5.92 Å². The first kappa shape index (κ1) is 13.5. The summed E-state index contributed by atoms with van der Waals surface area (Å²) in [6, 6.07) is 9.03. The maximum absolute atomic E-state index is 11.7. The van der Waals surface area contributed by atoms with Crippen LogP contribution in [0.25, 0.3) is 0 Å². The van der Waals surface area contributed by atoms with Crippen molar-refractivity contribution in [3.05, 3.63) is 48.6 Å². The summed E-state index contributed by atoms with van der Waals surface area (Å²) >= 11 is 0. The highest BCUT2D eigenvalue weighted by molar-refractivity contribution is 5.76. The molecule has 1 N–H and O–H groups in total. The van der Waals surface area contributed by atoms with Crippen molar-refractivity contribution in [2.75, 3.05) is 6.61 Å². The van der Waals surface area contributed by atoms with Gasteiger partial charge >= 0.3 is 5.97 Å². The minimum Gasteiger partial charge on any atom is -0.465 e. The van der Waals surface area contributed by atoms with Crippen LogP contribution < -0.4 is 0 Å². The summed E-state index contributed by atoms with van der Waals surface area (Å²) in [5.41, 5.74) is -0.645. The van der Waals surface area contributed by atoms with E-state index in [-0.39, 0.29) is 6.61 Å². The zero-order valence-electron chi connectivity index (χ0n) is 10.2. The molecule has 0 radical (unpaired) electrons. The fourth-order valence-corrected chi connectivity index (χ4v) is 1.74. The predicted octanol–water partition coefficient (Wildman–Crippen LogP) is 2.26. The molecular formula is C14H18O3. The summed E-state index contributed by atoms with van der Waals surface area (Å²) in [4.78, 5) is 11.7. The van der Waals surface area contributed by atoms with E-state index in [1.54, 1.807) is 26.0 Å². The maximum Gasteiger partial charge on any atom is 0.316 e. The van der Waals surface area contributed by atoms with Crippen LogP contribution in [0.4, 0.5) is 0 Å².